The van der Waals surface area contributed by atoms with Gasteiger partial charge in [0.1, 0.15) is 5.60 Å². The first kappa shape index (κ1) is 18.8. The van der Waals surface area contributed by atoms with Gasteiger partial charge in [0.25, 0.3) is 0 Å². The summed E-state index contributed by atoms with van der Waals surface area (Å²) >= 11 is 1.35. The zero-order valence-electron chi connectivity index (χ0n) is 14.5. The van der Waals surface area contributed by atoms with E-state index < -0.39 is 17.7 Å². The second-order valence-electron chi connectivity index (χ2n) is 7.03. The van der Waals surface area contributed by atoms with E-state index >= 15 is 0 Å². The molecule has 0 aliphatic carbocycles. The van der Waals surface area contributed by atoms with E-state index in [4.69, 9.17) is 4.74 Å². The van der Waals surface area contributed by atoms with E-state index in [0.717, 1.165) is 10.4 Å². The van der Waals surface area contributed by atoms with Gasteiger partial charge in [-0.15, -0.1) is 11.3 Å². The molecule has 6 nitrogen and oxygen atoms in total. The zero-order chi connectivity index (χ0) is 19.1. The highest BCUT2D eigenvalue weighted by Gasteiger charge is 2.38. The summed E-state index contributed by atoms with van der Waals surface area (Å²) < 4.78 is 47.4. The van der Waals surface area contributed by atoms with Gasteiger partial charge in [0.15, 0.2) is 0 Å². The number of carbonyl (C=O) groups is 1. The largest absolute Gasteiger partial charge is 0.471 e. The van der Waals surface area contributed by atoms with E-state index in [2.05, 4.69) is 14.7 Å². The van der Waals surface area contributed by atoms with Gasteiger partial charge >= 0.3 is 18.0 Å². The Kier molecular flexibility index (Phi) is 4.82. The summed E-state index contributed by atoms with van der Waals surface area (Å²) in [5, 5.41) is 3.42. The zero-order valence-corrected chi connectivity index (χ0v) is 15.3. The van der Waals surface area contributed by atoms with Crippen LogP contribution in [0.1, 0.15) is 37.1 Å². The number of thiophene rings is 1. The molecule has 3 heterocycles. The molecule has 0 bridgehead atoms. The van der Waals surface area contributed by atoms with Crippen molar-refractivity contribution in [2.24, 2.45) is 0 Å². The third-order valence-electron chi connectivity index (χ3n) is 3.61. The molecule has 0 atom stereocenters. The van der Waals surface area contributed by atoms with Crippen LogP contribution in [0.25, 0.3) is 10.7 Å². The standard InChI is InChI=1S/C16H18F3N3O3S/c1-15(2,3)24-12(23)8-22-5-4-10-9(7-22)6-11(26-10)13-20-14(25-21-13)16(17,18)19/h6H,4-5,7-8H2,1-3H3. The highest BCUT2D eigenvalue weighted by Crippen LogP contribution is 2.35. The lowest BCUT2D eigenvalue weighted by molar-refractivity contribution is -0.159. The molecule has 2 aromatic heterocycles. The van der Waals surface area contributed by atoms with Crippen molar-refractivity contribution in [2.45, 2.75) is 45.5 Å². The number of hydrogen-bond acceptors (Lipinski definition) is 7. The number of rotatable bonds is 3. The number of hydrogen-bond donors (Lipinski definition) is 0. The number of ether oxygens (including phenoxy) is 1. The molecule has 3 rings (SSSR count). The molecule has 1 aliphatic heterocycles. The van der Waals surface area contributed by atoms with Crippen LogP contribution in [0.15, 0.2) is 10.6 Å². The molecule has 0 amide bonds. The van der Waals surface area contributed by atoms with Crippen molar-refractivity contribution in [3.8, 4) is 10.7 Å². The normalized spacial score (nSPS) is 15.8. The fourth-order valence-electron chi connectivity index (χ4n) is 2.63. The van der Waals surface area contributed by atoms with Crippen molar-refractivity contribution in [3.05, 3.63) is 22.4 Å². The van der Waals surface area contributed by atoms with Crippen molar-refractivity contribution >= 4 is 17.3 Å². The number of carbonyl (C=O) groups excluding carboxylic acids is 1. The van der Waals surface area contributed by atoms with Crippen LogP contribution in [0.4, 0.5) is 13.2 Å². The molecule has 0 N–H and O–H groups in total. The van der Waals surface area contributed by atoms with Gasteiger partial charge < -0.3 is 9.26 Å². The Labute approximate surface area is 151 Å². The molecule has 0 fully saturated rings. The summed E-state index contributed by atoms with van der Waals surface area (Å²) in [7, 11) is 0. The average Bonchev–Trinajstić information content (AvgIpc) is 3.10. The van der Waals surface area contributed by atoms with Crippen LogP contribution in [-0.4, -0.2) is 39.7 Å². The molecule has 1 aliphatic rings. The highest BCUT2D eigenvalue weighted by molar-refractivity contribution is 7.15. The third-order valence-corrected chi connectivity index (χ3v) is 4.84. The molecule has 0 aromatic carbocycles. The van der Waals surface area contributed by atoms with Crippen molar-refractivity contribution in [1.82, 2.24) is 15.0 Å². The Morgan fingerprint density at radius 3 is 2.73 bits per heavy atom. The topological polar surface area (TPSA) is 68.5 Å². The quantitative estimate of drug-likeness (QED) is 0.749. The number of esters is 1. The van der Waals surface area contributed by atoms with Crippen molar-refractivity contribution < 1.29 is 27.2 Å². The van der Waals surface area contributed by atoms with Crippen molar-refractivity contribution in [3.63, 3.8) is 0 Å². The number of fused-ring (bicyclic) bond motifs is 1. The van der Waals surface area contributed by atoms with Gasteiger partial charge in [-0.05, 0) is 38.8 Å². The summed E-state index contributed by atoms with van der Waals surface area (Å²) in [5.74, 6) is -1.73. The maximum absolute atomic E-state index is 12.6. The van der Waals surface area contributed by atoms with Gasteiger partial charge in [-0.3, -0.25) is 9.69 Å². The lowest BCUT2D eigenvalue weighted by Gasteiger charge is -2.27. The van der Waals surface area contributed by atoms with E-state index in [1.165, 1.54) is 11.3 Å². The summed E-state index contributed by atoms with van der Waals surface area (Å²) in [6.07, 6.45) is -3.96. The highest BCUT2D eigenvalue weighted by atomic mass is 32.1. The Balaban J connectivity index is 1.69. The number of alkyl halides is 3. The Hall–Kier alpha value is -1.94. The van der Waals surface area contributed by atoms with Crippen LogP contribution in [0, 0.1) is 0 Å². The van der Waals surface area contributed by atoms with E-state index in [0.29, 0.717) is 24.4 Å². The Bertz CT molecular complexity index is 808. The van der Waals surface area contributed by atoms with Gasteiger partial charge in [0.2, 0.25) is 5.82 Å². The van der Waals surface area contributed by atoms with Gasteiger partial charge in [0.05, 0.1) is 11.4 Å². The molecule has 0 radical (unpaired) electrons. The third kappa shape index (κ3) is 4.42. The van der Waals surface area contributed by atoms with Crippen LogP contribution in [0.2, 0.25) is 0 Å². The maximum Gasteiger partial charge on any atom is 0.471 e. The van der Waals surface area contributed by atoms with Crippen LogP contribution in [-0.2, 0) is 28.7 Å². The summed E-state index contributed by atoms with van der Waals surface area (Å²) in [6.45, 7) is 6.79. The molecular weight excluding hydrogens is 371 g/mol. The Morgan fingerprint density at radius 2 is 2.12 bits per heavy atom. The second-order valence-corrected chi connectivity index (χ2v) is 8.16. The first-order valence-electron chi connectivity index (χ1n) is 7.98. The summed E-state index contributed by atoms with van der Waals surface area (Å²) in [5.41, 5.74) is 0.417. The van der Waals surface area contributed by atoms with E-state index in [1.807, 2.05) is 25.7 Å². The second kappa shape index (κ2) is 6.66. The fourth-order valence-corrected chi connectivity index (χ4v) is 3.72. The van der Waals surface area contributed by atoms with Gasteiger partial charge in [-0.25, -0.2) is 0 Å². The lowest BCUT2D eigenvalue weighted by atomic mass is 10.1. The van der Waals surface area contributed by atoms with Crippen molar-refractivity contribution in [1.29, 1.82) is 0 Å². The minimum atomic E-state index is -4.66. The number of halogens is 3. The van der Waals surface area contributed by atoms with Gasteiger partial charge in [-0.1, -0.05) is 5.16 Å². The van der Waals surface area contributed by atoms with Crippen LogP contribution in [0.3, 0.4) is 0 Å². The predicted octanol–water partition coefficient (Wildman–Crippen LogP) is 3.52. The molecular formula is C16H18F3N3O3S. The van der Waals surface area contributed by atoms with Gasteiger partial charge in [0, 0.05) is 18.0 Å². The molecule has 26 heavy (non-hydrogen) atoms. The number of aromatic nitrogens is 2. The first-order valence-corrected chi connectivity index (χ1v) is 8.80. The Morgan fingerprint density at radius 1 is 1.38 bits per heavy atom. The molecule has 10 heteroatoms. The monoisotopic (exact) mass is 389 g/mol. The molecule has 0 saturated carbocycles. The molecule has 0 saturated heterocycles. The van der Waals surface area contributed by atoms with Crippen LogP contribution in [0.5, 0.6) is 0 Å². The van der Waals surface area contributed by atoms with Crippen molar-refractivity contribution in [2.75, 3.05) is 13.1 Å². The lowest BCUT2D eigenvalue weighted by Crippen LogP contribution is -2.37. The predicted molar refractivity (Wildman–Crippen MR) is 87.4 cm³/mol. The SMILES string of the molecule is CC(C)(C)OC(=O)CN1CCc2sc(-c3noc(C(F)(F)F)n3)cc2C1. The maximum atomic E-state index is 12.6. The summed E-state index contributed by atoms with van der Waals surface area (Å²) in [6, 6.07) is 1.76. The first-order chi connectivity index (χ1) is 12.0. The summed E-state index contributed by atoms with van der Waals surface area (Å²) in [4.78, 5) is 18.9. The fraction of sp³-hybridized carbons (Fsp3) is 0.562. The molecule has 142 valence electrons. The minimum Gasteiger partial charge on any atom is -0.459 e. The smallest absolute Gasteiger partial charge is 0.459 e. The molecule has 2 aromatic rings. The van der Waals surface area contributed by atoms with Crippen LogP contribution < -0.4 is 0 Å². The van der Waals surface area contributed by atoms with E-state index in [1.54, 1.807) is 6.07 Å². The minimum absolute atomic E-state index is 0.0737. The molecule has 0 unspecified atom stereocenters. The number of nitrogens with zero attached hydrogens (tertiary/aromatic N) is 3. The van der Waals surface area contributed by atoms with E-state index in [-0.39, 0.29) is 18.3 Å². The average molecular weight is 389 g/mol. The van der Waals surface area contributed by atoms with Crippen LogP contribution >= 0.6 is 11.3 Å². The molecule has 0 spiro atoms. The van der Waals surface area contributed by atoms with E-state index in [9.17, 15) is 18.0 Å². The van der Waals surface area contributed by atoms with Gasteiger partial charge in [-0.2, -0.15) is 18.2 Å².